The number of benzene rings is 3. The van der Waals surface area contributed by atoms with Crippen molar-refractivity contribution in [1.29, 1.82) is 0 Å². The number of fused-ring (bicyclic) bond motifs is 3. The Morgan fingerprint density at radius 3 is 2.78 bits per heavy atom. The monoisotopic (exact) mass is 554 g/mol. The van der Waals surface area contributed by atoms with Crippen LogP contribution in [0, 0.1) is 10.5 Å². The molecule has 0 bridgehead atoms. The predicted octanol–water partition coefficient (Wildman–Crippen LogP) is 4.96. The van der Waals surface area contributed by atoms with Gasteiger partial charge in [-0.2, -0.15) is 0 Å². The number of hydrogen-bond donors (Lipinski definition) is 0. The number of halogens is 1. The van der Waals surface area contributed by atoms with Crippen molar-refractivity contribution in [3.8, 4) is 11.5 Å². The van der Waals surface area contributed by atoms with Gasteiger partial charge in [0.25, 0.3) is 5.56 Å². The zero-order chi connectivity index (χ0) is 22.2. The molecule has 0 saturated carbocycles. The summed E-state index contributed by atoms with van der Waals surface area (Å²) in [6.07, 6.45) is 1.88. The fourth-order valence-electron chi connectivity index (χ4n) is 3.68. The molecule has 32 heavy (non-hydrogen) atoms. The Morgan fingerprint density at radius 2 is 1.97 bits per heavy atom. The molecule has 2 heterocycles. The van der Waals surface area contributed by atoms with Gasteiger partial charge in [0.2, 0.25) is 0 Å². The maximum atomic E-state index is 13.0. The van der Waals surface area contributed by atoms with Crippen LogP contribution in [0.5, 0.6) is 11.5 Å². The zero-order valence-electron chi connectivity index (χ0n) is 17.5. The average Bonchev–Trinajstić information content (AvgIpc) is 3.29. The van der Waals surface area contributed by atoms with Crippen LogP contribution in [-0.2, 0) is 6.61 Å². The number of aryl methyl sites for hydroxylation is 1. The minimum Gasteiger partial charge on any atom is -0.493 e. The van der Waals surface area contributed by atoms with Gasteiger partial charge < -0.3 is 9.47 Å². The van der Waals surface area contributed by atoms with Gasteiger partial charge in [-0.05, 0) is 71.0 Å². The van der Waals surface area contributed by atoms with E-state index < -0.39 is 0 Å². The summed E-state index contributed by atoms with van der Waals surface area (Å²) in [6.45, 7) is 2.52. The minimum absolute atomic E-state index is 0.0625. The lowest BCUT2D eigenvalue weighted by Gasteiger charge is -2.14. The third kappa shape index (κ3) is 3.86. The number of rotatable bonds is 5. The van der Waals surface area contributed by atoms with E-state index in [9.17, 15) is 4.79 Å². The Morgan fingerprint density at radius 1 is 1.12 bits per heavy atom. The second-order valence-electron chi connectivity index (χ2n) is 7.45. The summed E-state index contributed by atoms with van der Waals surface area (Å²) in [7, 11) is 1.62. The third-order valence-corrected chi connectivity index (χ3v) is 6.93. The largest absolute Gasteiger partial charge is 0.493 e. The average molecular weight is 554 g/mol. The summed E-state index contributed by atoms with van der Waals surface area (Å²) in [6, 6.07) is 19.8. The maximum Gasteiger partial charge on any atom is 0.274 e. The molecule has 7 heteroatoms. The van der Waals surface area contributed by atoms with Gasteiger partial charge in [0, 0.05) is 0 Å². The molecule has 0 amide bonds. The maximum absolute atomic E-state index is 13.0. The van der Waals surface area contributed by atoms with Crippen LogP contribution in [-0.4, -0.2) is 16.5 Å². The molecule has 2 aromatic heterocycles. The van der Waals surface area contributed by atoms with Crippen molar-refractivity contribution >= 4 is 56.0 Å². The quantitative estimate of drug-likeness (QED) is 0.289. The van der Waals surface area contributed by atoms with Gasteiger partial charge in [-0.3, -0.25) is 4.79 Å². The number of imidazole rings is 1. The van der Waals surface area contributed by atoms with E-state index in [0.717, 1.165) is 25.7 Å². The molecule has 160 valence electrons. The molecule has 0 spiro atoms. The SMILES string of the molecule is COc1cc(/C=c2\sc3nc4ccccc4n3c2=O)cc(I)c1OCc1cccc(C)c1. The van der Waals surface area contributed by atoms with Gasteiger partial charge in [-0.15, -0.1) is 0 Å². The van der Waals surface area contributed by atoms with Gasteiger partial charge in [0.15, 0.2) is 16.5 Å². The molecule has 5 nitrogen and oxygen atoms in total. The van der Waals surface area contributed by atoms with Crippen LogP contribution in [0.4, 0.5) is 0 Å². The van der Waals surface area contributed by atoms with Crippen molar-refractivity contribution in [2.24, 2.45) is 0 Å². The van der Waals surface area contributed by atoms with Gasteiger partial charge in [0.1, 0.15) is 6.61 Å². The van der Waals surface area contributed by atoms with Crippen LogP contribution in [0.25, 0.3) is 22.1 Å². The number of thiazole rings is 1. The normalized spacial score (nSPS) is 12.0. The van der Waals surface area contributed by atoms with Crippen LogP contribution in [0.3, 0.4) is 0 Å². The number of nitrogens with zero attached hydrogens (tertiary/aromatic N) is 2. The van der Waals surface area contributed by atoms with Gasteiger partial charge in [0.05, 0.1) is 26.2 Å². The number of methoxy groups -OCH3 is 1. The summed E-state index contributed by atoms with van der Waals surface area (Å²) in [5.41, 5.74) is 4.77. The molecule has 0 saturated heterocycles. The second kappa shape index (κ2) is 8.55. The lowest BCUT2D eigenvalue weighted by Crippen LogP contribution is -2.22. The summed E-state index contributed by atoms with van der Waals surface area (Å²) < 4.78 is 14.9. The van der Waals surface area contributed by atoms with E-state index in [-0.39, 0.29) is 5.56 Å². The topological polar surface area (TPSA) is 52.8 Å². The Kier molecular flexibility index (Phi) is 5.60. The van der Waals surface area contributed by atoms with E-state index >= 15 is 0 Å². The van der Waals surface area contributed by atoms with Crippen molar-refractivity contribution in [2.45, 2.75) is 13.5 Å². The van der Waals surface area contributed by atoms with E-state index in [2.05, 4.69) is 46.6 Å². The molecular weight excluding hydrogens is 535 g/mol. The Balaban J connectivity index is 1.52. The van der Waals surface area contributed by atoms with Gasteiger partial charge in [-0.25, -0.2) is 9.38 Å². The molecule has 0 radical (unpaired) electrons. The Hall–Kier alpha value is -2.91. The van der Waals surface area contributed by atoms with E-state index in [0.29, 0.717) is 27.6 Å². The highest BCUT2D eigenvalue weighted by molar-refractivity contribution is 14.1. The zero-order valence-corrected chi connectivity index (χ0v) is 20.4. The van der Waals surface area contributed by atoms with Crippen molar-refractivity contribution in [3.63, 3.8) is 0 Å². The van der Waals surface area contributed by atoms with Crippen LogP contribution >= 0.6 is 33.9 Å². The molecule has 5 rings (SSSR count). The molecule has 0 aliphatic rings. The summed E-state index contributed by atoms with van der Waals surface area (Å²) in [4.78, 5) is 18.3. The smallest absolute Gasteiger partial charge is 0.274 e. The lowest BCUT2D eigenvalue weighted by atomic mass is 10.1. The molecule has 0 N–H and O–H groups in total. The van der Waals surface area contributed by atoms with Crippen molar-refractivity contribution < 1.29 is 9.47 Å². The van der Waals surface area contributed by atoms with Crippen molar-refractivity contribution in [3.05, 3.63) is 95.8 Å². The highest BCUT2D eigenvalue weighted by Gasteiger charge is 2.14. The van der Waals surface area contributed by atoms with Gasteiger partial charge in [-0.1, -0.05) is 53.3 Å². The fraction of sp³-hybridized carbons (Fsp3) is 0.120. The molecule has 0 unspecified atom stereocenters. The molecule has 5 aromatic rings. The summed E-state index contributed by atoms with van der Waals surface area (Å²) >= 11 is 3.63. The first-order valence-corrected chi connectivity index (χ1v) is 11.9. The molecule has 0 aliphatic heterocycles. The Bertz CT molecular complexity index is 1570. The fourth-order valence-corrected chi connectivity index (χ4v) is 5.45. The molecule has 0 fully saturated rings. The molecular formula is C25H19IN2O3S. The number of ether oxygens (including phenoxy) is 2. The van der Waals surface area contributed by atoms with Crippen molar-refractivity contribution in [1.82, 2.24) is 9.38 Å². The Labute approximate surface area is 202 Å². The second-order valence-corrected chi connectivity index (χ2v) is 9.62. The summed E-state index contributed by atoms with van der Waals surface area (Å²) in [5, 5.41) is 0. The van der Waals surface area contributed by atoms with E-state index in [1.165, 1.54) is 16.9 Å². The van der Waals surface area contributed by atoms with Crippen LogP contribution < -0.4 is 19.6 Å². The van der Waals surface area contributed by atoms with Crippen LogP contribution in [0.1, 0.15) is 16.7 Å². The standard InChI is InChI=1S/C25H19IN2O3S/c1-15-6-5-7-16(10-15)14-31-23-18(26)11-17(12-21(23)30-2)13-22-24(29)28-20-9-4-3-8-19(20)27-25(28)32-22/h3-13H,14H2,1-2H3/b22-13-. The first-order chi connectivity index (χ1) is 15.5. The highest BCUT2D eigenvalue weighted by Crippen LogP contribution is 2.35. The highest BCUT2D eigenvalue weighted by atomic mass is 127. The van der Waals surface area contributed by atoms with Gasteiger partial charge >= 0.3 is 0 Å². The third-order valence-electron chi connectivity index (χ3n) is 5.16. The lowest BCUT2D eigenvalue weighted by molar-refractivity contribution is 0.282. The van der Waals surface area contributed by atoms with Crippen LogP contribution in [0.15, 0.2) is 65.5 Å². The first-order valence-electron chi connectivity index (χ1n) is 10.0. The van der Waals surface area contributed by atoms with E-state index in [4.69, 9.17) is 9.47 Å². The first kappa shape index (κ1) is 21.0. The molecule has 0 atom stereocenters. The van der Waals surface area contributed by atoms with E-state index in [1.54, 1.807) is 11.5 Å². The number of aromatic nitrogens is 2. The van der Waals surface area contributed by atoms with Crippen molar-refractivity contribution in [2.75, 3.05) is 7.11 Å². The van der Waals surface area contributed by atoms with E-state index in [1.807, 2.05) is 54.6 Å². The molecule has 0 aliphatic carbocycles. The van der Waals surface area contributed by atoms with Crippen LogP contribution in [0.2, 0.25) is 0 Å². The number of hydrogen-bond acceptors (Lipinski definition) is 5. The summed E-state index contributed by atoms with van der Waals surface area (Å²) in [5.74, 6) is 1.33. The minimum atomic E-state index is -0.0625. The molecule has 3 aromatic carbocycles. The number of para-hydroxylation sites is 2. The predicted molar refractivity (Wildman–Crippen MR) is 137 cm³/mol.